The van der Waals surface area contributed by atoms with Gasteiger partial charge in [-0.3, -0.25) is 4.79 Å². The van der Waals surface area contributed by atoms with Gasteiger partial charge < -0.3 is 14.7 Å². The van der Waals surface area contributed by atoms with Gasteiger partial charge in [0.15, 0.2) is 0 Å². The van der Waals surface area contributed by atoms with Crippen molar-refractivity contribution in [3.05, 3.63) is 40.6 Å². The summed E-state index contributed by atoms with van der Waals surface area (Å²) in [6, 6.07) is 8.19. The van der Waals surface area contributed by atoms with Crippen LogP contribution in [0.5, 0.6) is 0 Å². The molecule has 1 saturated carbocycles. The zero-order chi connectivity index (χ0) is 19.5. The molecule has 6 heteroatoms. The highest BCUT2D eigenvalue weighted by molar-refractivity contribution is 6.33. The molecule has 0 unspecified atom stereocenters. The number of piperidine rings is 1. The molecule has 28 heavy (non-hydrogen) atoms. The maximum atomic E-state index is 12.9. The number of nitrogens with one attached hydrogen (secondary N) is 1. The number of likely N-dealkylation sites (tertiary alicyclic amines) is 1. The predicted octanol–water partition coefficient (Wildman–Crippen LogP) is 4.69. The molecule has 1 aromatic heterocycles. The summed E-state index contributed by atoms with van der Waals surface area (Å²) in [7, 11) is 0. The van der Waals surface area contributed by atoms with Gasteiger partial charge in [-0.15, -0.1) is 0 Å². The number of benzene rings is 1. The van der Waals surface area contributed by atoms with Crippen molar-refractivity contribution in [1.82, 2.24) is 15.4 Å². The molecule has 0 atom stereocenters. The molecule has 0 spiro atoms. The Morgan fingerprint density at radius 3 is 2.64 bits per heavy atom. The van der Waals surface area contributed by atoms with Crippen LogP contribution in [-0.2, 0) is 0 Å². The van der Waals surface area contributed by atoms with Gasteiger partial charge in [-0.1, -0.05) is 47.8 Å². The molecule has 1 amide bonds. The fraction of sp³-hybridized carbons (Fsp3) is 0.545. The Labute approximate surface area is 171 Å². The second kappa shape index (κ2) is 8.66. The van der Waals surface area contributed by atoms with Gasteiger partial charge in [0.2, 0.25) is 0 Å². The van der Waals surface area contributed by atoms with E-state index in [4.69, 9.17) is 16.1 Å². The molecule has 1 saturated heterocycles. The summed E-state index contributed by atoms with van der Waals surface area (Å²) >= 11 is 6.29. The summed E-state index contributed by atoms with van der Waals surface area (Å²) in [6.45, 7) is 4.77. The number of halogens is 1. The number of aromatic nitrogens is 1. The maximum absolute atomic E-state index is 12.9. The van der Waals surface area contributed by atoms with Gasteiger partial charge >= 0.3 is 0 Å². The van der Waals surface area contributed by atoms with Crippen molar-refractivity contribution in [2.24, 2.45) is 5.92 Å². The third kappa shape index (κ3) is 4.11. The average Bonchev–Trinajstić information content (AvgIpc) is 3.37. The highest BCUT2D eigenvalue weighted by Crippen LogP contribution is 2.31. The molecule has 2 aliphatic rings. The molecule has 1 N–H and O–H groups in total. The number of hydrogen-bond acceptors (Lipinski definition) is 4. The van der Waals surface area contributed by atoms with Crippen LogP contribution in [0, 0.1) is 12.8 Å². The lowest BCUT2D eigenvalue weighted by Crippen LogP contribution is -2.42. The molecule has 4 rings (SSSR count). The van der Waals surface area contributed by atoms with Gasteiger partial charge in [0.05, 0.1) is 5.02 Å². The van der Waals surface area contributed by atoms with Crippen molar-refractivity contribution < 1.29 is 9.32 Å². The molecule has 1 aliphatic heterocycles. The molecule has 0 bridgehead atoms. The monoisotopic (exact) mass is 401 g/mol. The molecule has 2 fully saturated rings. The van der Waals surface area contributed by atoms with Crippen molar-refractivity contribution in [3.8, 4) is 11.3 Å². The molecular formula is C22H28ClN3O2. The van der Waals surface area contributed by atoms with E-state index in [2.05, 4.69) is 15.4 Å². The molecule has 150 valence electrons. The van der Waals surface area contributed by atoms with Crippen molar-refractivity contribution in [3.63, 3.8) is 0 Å². The summed E-state index contributed by atoms with van der Waals surface area (Å²) in [5.74, 6) is 0.917. The van der Waals surface area contributed by atoms with Gasteiger partial charge in [-0.2, -0.15) is 0 Å². The standard InChI is InChI=1S/C22H28ClN3O2/c1-15-20(21(25-28-15)18-8-4-5-9-19(18)23)22(27)24-14-16-10-12-26(13-11-16)17-6-2-3-7-17/h4-5,8-9,16-17H,2-3,6-7,10-14H2,1H3,(H,24,27). The summed E-state index contributed by atoms with van der Waals surface area (Å²) in [4.78, 5) is 15.5. The lowest BCUT2D eigenvalue weighted by atomic mass is 9.95. The minimum atomic E-state index is -0.133. The Hall–Kier alpha value is -1.85. The number of hydrogen-bond donors (Lipinski definition) is 1. The smallest absolute Gasteiger partial charge is 0.257 e. The van der Waals surface area contributed by atoms with E-state index in [9.17, 15) is 4.79 Å². The summed E-state index contributed by atoms with van der Waals surface area (Å²) in [5.41, 5.74) is 1.71. The summed E-state index contributed by atoms with van der Waals surface area (Å²) in [6.07, 6.45) is 7.78. The third-order valence-corrected chi connectivity index (χ3v) is 6.59. The normalized spacial score (nSPS) is 19.2. The SMILES string of the molecule is Cc1onc(-c2ccccc2Cl)c1C(=O)NCC1CCN(C2CCCC2)CC1. The molecule has 5 nitrogen and oxygen atoms in total. The van der Waals surface area contributed by atoms with Crippen LogP contribution < -0.4 is 5.32 Å². The first-order valence-electron chi connectivity index (χ1n) is 10.4. The Balaban J connectivity index is 1.36. The van der Waals surface area contributed by atoms with Gasteiger partial charge in [0.1, 0.15) is 17.0 Å². The topological polar surface area (TPSA) is 58.4 Å². The third-order valence-electron chi connectivity index (χ3n) is 6.26. The first kappa shape index (κ1) is 19.5. The molecular weight excluding hydrogens is 374 g/mol. The van der Waals surface area contributed by atoms with Gasteiger partial charge in [0, 0.05) is 18.2 Å². The number of nitrogens with zero attached hydrogens (tertiary/aromatic N) is 2. The molecule has 2 aromatic rings. The van der Waals surface area contributed by atoms with E-state index in [1.807, 2.05) is 18.2 Å². The van der Waals surface area contributed by atoms with Crippen LogP contribution >= 0.6 is 11.6 Å². The van der Waals surface area contributed by atoms with E-state index in [1.165, 1.54) is 25.7 Å². The Morgan fingerprint density at radius 2 is 1.93 bits per heavy atom. The van der Waals surface area contributed by atoms with Crippen LogP contribution in [0.3, 0.4) is 0 Å². The maximum Gasteiger partial charge on any atom is 0.257 e. The van der Waals surface area contributed by atoms with Crippen molar-refractivity contribution in [1.29, 1.82) is 0 Å². The van der Waals surface area contributed by atoms with E-state index in [0.717, 1.165) is 37.5 Å². The van der Waals surface area contributed by atoms with Crippen LogP contribution in [0.25, 0.3) is 11.3 Å². The molecule has 0 radical (unpaired) electrons. The van der Waals surface area contributed by atoms with Crippen LogP contribution in [0.4, 0.5) is 0 Å². The largest absolute Gasteiger partial charge is 0.360 e. The van der Waals surface area contributed by atoms with Crippen LogP contribution in [-0.4, -0.2) is 41.6 Å². The van der Waals surface area contributed by atoms with Crippen LogP contribution in [0.15, 0.2) is 28.8 Å². The fourth-order valence-corrected chi connectivity index (χ4v) is 4.82. The summed E-state index contributed by atoms with van der Waals surface area (Å²) < 4.78 is 5.31. The lowest BCUT2D eigenvalue weighted by Gasteiger charge is -2.36. The van der Waals surface area contributed by atoms with Crippen molar-refractivity contribution >= 4 is 17.5 Å². The van der Waals surface area contributed by atoms with E-state index in [-0.39, 0.29) is 5.91 Å². The second-order valence-electron chi connectivity index (χ2n) is 8.07. The lowest BCUT2D eigenvalue weighted by molar-refractivity contribution is 0.0923. The quantitative estimate of drug-likeness (QED) is 0.789. The van der Waals surface area contributed by atoms with Gasteiger partial charge in [0.25, 0.3) is 5.91 Å². The first-order valence-corrected chi connectivity index (χ1v) is 10.7. The van der Waals surface area contributed by atoms with Gasteiger partial charge in [-0.25, -0.2) is 0 Å². The van der Waals surface area contributed by atoms with E-state index >= 15 is 0 Å². The molecule has 1 aromatic carbocycles. The zero-order valence-corrected chi connectivity index (χ0v) is 17.2. The second-order valence-corrected chi connectivity index (χ2v) is 8.48. The minimum absolute atomic E-state index is 0.133. The van der Waals surface area contributed by atoms with Gasteiger partial charge in [-0.05, 0) is 57.7 Å². The number of aryl methyl sites for hydroxylation is 1. The number of amides is 1. The Morgan fingerprint density at radius 1 is 1.21 bits per heavy atom. The van der Waals surface area contributed by atoms with E-state index in [1.54, 1.807) is 13.0 Å². The molecule has 2 heterocycles. The average molecular weight is 402 g/mol. The van der Waals surface area contributed by atoms with Crippen LogP contribution in [0.2, 0.25) is 5.02 Å². The number of rotatable bonds is 5. The van der Waals surface area contributed by atoms with E-state index in [0.29, 0.717) is 34.5 Å². The number of carbonyl (C=O) groups excluding carboxylic acids is 1. The highest BCUT2D eigenvalue weighted by atomic mass is 35.5. The molecule has 1 aliphatic carbocycles. The van der Waals surface area contributed by atoms with E-state index < -0.39 is 0 Å². The Bertz CT molecular complexity index is 821. The van der Waals surface area contributed by atoms with Crippen LogP contribution in [0.1, 0.15) is 54.6 Å². The van der Waals surface area contributed by atoms with Crippen molar-refractivity contribution in [2.75, 3.05) is 19.6 Å². The fourth-order valence-electron chi connectivity index (χ4n) is 4.59. The number of carbonyl (C=O) groups is 1. The highest BCUT2D eigenvalue weighted by Gasteiger charge is 2.28. The van der Waals surface area contributed by atoms with Crippen molar-refractivity contribution in [2.45, 2.75) is 51.5 Å². The minimum Gasteiger partial charge on any atom is -0.360 e. The zero-order valence-electron chi connectivity index (χ0n) is 16.4. The predicted molar refractivity (Wildman–Crippen MR) is 111 cm³/mol. The summed E-state index contributed by atoms with van der Waals surface area (Å²) in [5, 5.41) is 7.76. The first-order chi connectivity index (χ1) is 13.6. The Kier molecular flexibility index (Phi) is 6.02.